The maximum Gasteiger partial charge on any atom is 0.287 e. The number of likely N-dealkylation sites (tertiary alicyclic amines) is 1. The quantitative estimate of drug-likeness (QED) is 0.491. The van der Waals surface area contributed by atoms with Gasteiger partial charge in [0.15, 0.2) is 17.3 Å². The third-order valence-electron chi connectivity index (χ3n) is 7.33. The number of piperidine rings is 1. The van der Waals surface area contributed by atoms with E-state index in [4.69, 9.17) is 18.6 Å². The summed E-state index contributed by atoms with van der Waals surface area (Å²) in [6, 6.07) is 13.4. The van der Waals surface area contributed by atoms with E-state index in [9.17, 15) is 9.90 Å². The maximum atomic E-state index is 12.6. The second kappa shape index (κ2) is 10.5. The predicted octanol–water partition coefficient (Wildman–Crippen LogP) is 3.84. The average Bonchev–Trinajstić information content (AvgIpc) is 3.58. The minimum Gasteiger partial charge on any atom is -0.493 e. The van der Waals surface area contributed by atoms with Crippen molar-refractivity contribution >= 4 is 16.9 Å². The maximum absolute atomic E-state index is 12.6. The van der Waals surface area contributed by atoms with Crippen LogP contribution in [0.25, 0.3) is 11.0 Å². The fraction of sp³-hybridized carbons (Fsp3) is 0.464. The van der Waals surface area contributed by atoms with E-state index in [1.54, 1.807) is 20.3 Å². The number of ether oxygens (including phenoxy) is 3. The number of amides is 1. The molecule has 8 heteroatoms. The molecule has 1 atom stereocenters. The highest BCUT2D eigenvalue weighted by atomic mass is 16.5. The van der Waals surface area contributed by atoms with Crippen molar-refractivity contribution in [2.45, 2.75) is 43.9 Å². The van der Waals surface area contributed by atoms with Gasteiger partial charge in [-0.2, -0.15) is 0 Å². The summed E-state index contributed by atoms with van der Waals surface area (Å²) in [7, 11) is 3.27. The molecule has 2 saturated heterocycles. The highest BCUT2D eigenvalue weighted by Crippen LogP contribution is 2.36. The zero-order chi connectivity index (χ0) is 25.1. The Morgan fingerprint density at radius 3 is 2.64 bits per heavy atom. The zero-order valence-corrected chi connectivity index (χ0v) is 20.9. The van der Waals surface area contributed by atoms with Gasteiger partial charge in [-0.1, -0.05) is 12.1 Å². The van der Waals surface area contributed by atoms with Crippen LogP contribution in [0.3, 0.4) is 0 Å². The van der Waals surface area contributed by atoms with Crippen LogP contribution < -0.4 is 14.8 Å². The smallest absolute Gasteiger partial charge is 0.287 e. The Morgan fingerprint density at radius 1 is 1.11 bits per heavy atom. The van der Waals surface area contributed by atoms with Gasteiger partial charge in [-0.25, -0.2) is 0 Å². The van der Waals surface area contributed by atoms with Gasteiger partial charge < -0.3 is 29.1 Å². The number of rotatable bonds is 8. The van der Waals surface area contributed by atoms with Gasteiger partial charge in [-0.05, 0) is 67.1 Å². The summed E-state index contributed by atoms with van der Waals surface area (Å²) in [5, 5.41) is 15.2. The Kier molecular flexibility index (Phi) is 7.18. The SMILES string of the molecule is COc1ccc(CN2CCC(O)(c3ccc4oc(C(=O)NCC5CCCO5)cc4c3)CC2)cc1OC. The number of furan rings is 1. The second-order valence-corrected chi connectivity index (χ2v) is 9.71. The van der Waals surface area contributed by atoms with Crippen LogP contribution in [0.5, 0.6) is 11.5 Å². The summed E-state index contributed by atoms with van der Waals surface area (Å²) in [5.41, 5.74) is 1.72. The van der Waals surface area contributed by atoms with Crippen LogP contribution in [0.4, 0.5) is 0 Å². The van der Waals surface area contributed by atoms with E-state index >= 15 is 0 Å². The molecule has 5 rings (SSSR count). The van der Waals surface area contributed by atoms with Gasteiger partial charge in [0.05, 0.1) is 25.9 Å². The Bertz CT molecular complexity index is 1210. The zero-order valence-electron chi connectivity index (χ0n) is 20.9. The lowest BCUT2D eigenvalue weighted by atomic mass is 9.84. The fourth-order valence-electron chi connectivity index (χ4n) is 5.15. The number of carbonyl (C=O) groups excluding carboxylic acids is 1. The Hall–Kier alpha value is -3.07. The van der Waals surface area contributed by atoms with E-state index in [0.29, 0.717) is 30.7 Å². The van der Waals surface area contributed by atoms with Crippen molar-refractivity contribution in [3.63, 3.8) is 0 Å². The molecule has 2 aliphatic heterocycles. The standard InChI is InChI=1S/C28H34N2O6/c1-33-24-7-5-19(14-25(24)34-2)18-30-11-9-28(32,10-12-30)21-6-8-23-20(15-21)16-26(36-23)27(31)29-17-22-4-3-13-35-22/h5-8,14-16,22,32H,3-4,9-13,17-18H2,1-2H3,(H,29,31). The Labute approximate surface area is 211 Å². The summed E-state index contributed by atoms with van der Waals surface area (Å²) in [6.45, 7) is 3.56. The lowest BCUT2D eigenvalue weighted by Gasteiger charge is -2.38. The van der Waals surface area contributed by atoms with E-state index < -0.39 is 5.60 Å². The van der Waals surface area contributed by atoms with E-state index in [-0.39, 0.29) is 17.8 Å². The Morgan fingerprint density at radius 2 is 1.92 bits per heavy atom. The molecule has 3 heterocycles. The molecule has 2 aromatic carbocycles. The summed E-state index contributed by atoms with van der Waals surface area (Å²) in [4.78, 5) is 14.9. The molecule has 1 amide bonds. The number of hydrogen-bond donors (Lipinski definition) is 2. The van der Waals surface area contributed by atoms with Crippen molar-refractivity contribution in [2.75, 3.05) is 40.5 Å². The van der Waals surface area contributed by atoms with E-state index in [1.807, 2.05) is 36.4 Å². The first-order valence-corrected chi connectivity index (χ1v) is 12.6. The molecule has 192 valence electrons. The minimum absolute atomic E-state index is 0.0804. The molecule has 0 spiro atoms. The van der Waals surface area contributed by atoms with Crippen LogP contribution in [-0.2, 0) is 16.9 Å². The number of hydrogen-bond acceptors (Lipinski definition) is 7. The topological polar surface area (TPSA) is 93.4 Å². The normalized spacial score (nSPS) is 19.9. The first kappa shape index (κ1) is 24.6. The summed E-state index contributed by atoms with van der Waals surface area (Å²) >= 11 is 0. The molecular formula is C28H34N2O6. The van der Waals surface area contributed by atoms with Crippen molar-refractivity contribution in [2.24, 2.45) is 0 Å². The number of nitrogens with zero attached hydrogens (tertiary/aromatic N) is 1. The molecular weight excluding hydrogens is 460 g/mol. The number of carbonyl (C=O) groups is 1. The lowest BCUT2D eigenvalue weighted by molar-refractivity contribution is -0.0276. The number of nitrogens with one attached hydrogen (secondary N) is 1. The van der Waals surface area contributed by atoms with Gasteiger partial charge in [0.1, 0.15) is 5.58 Å². The predicted molar refractivity (Wildman–Crippen MR) is 135 cm³/mol. The molecule has 1 aromatic heterocycles. The van der Waals surface area contributed by atoms with Crippen LogP contribution in [-0.4, -0.2) is 62.5 Å². The molecule has 3 aromatic rings. The molecule has 36 heavy (non-hydrogen) atoms. The monoisotopic (exact) mass is 494 g/mol. The Balaban J connectivity index is 1.22. The first-order chi connectivity index (χ1) is 17.5. The molecule has 1 unspecified atom stereocenters. The van der Waals surface area contributed by atoms with E-state index in [1.165, 1.54) is 0 Å². The lowest BCUT2D eigenvalue weighted by Crippen LogP contribution is -2.42. The number of benzene rings is 2. The van der Waals surface area contributed by atoms with Crippen molar-refractivity contribution in [3.05, 3.63) is 59.4 Å². The van der Waals surface area contributed by atoms with Gasteiger partial charge in [0, 0.05) is 38.2 Å². The second-order valence-electron chi connectivity index (χ2n) is 9.71. The fourth-order valence-corrected chi connectivity index (χ4v) is 5.15. The van der Waals surface area contributed by atoms with Crippen molar-refractivity contribution in [1.82, 2.24) is 10.2 Å². The van der Waals surface area contributed by atoms with Gasteiger partial charge in [-0.3, -0.25) is 9.69 Å². The molecule has 2 fully saturated rings. The van der Waals surface area contributed by atoms with Gasteiger partial charge in [0.25, 0.3) is 5.91 Å². The van der Waals surface area contributed by atoms with Crippen LogP contribution in [0, 0.1) is 0 Å². The first-order valence-electron chi connectivity index (χ1n) is 12.6. The molecule has 2 aliphatic rings. The van der Waals surface area contributed by atoms with Crippen LogP contribution >= 0.6 is 0 Å². The molecule has 0 aliphatic carbocycles. The van der Waals surface area contributed by atoms with Crippen molar-refractivity contribution in [3.8, 4) is 11.5 Å². The third-order valence-corrected chi connectivity index (χ3v) is 7.33. The van der Waals surface area contributed by atoms with Crippen molar-refractivity contribution in [1.29, 1.82) is 0 Å². The summed E-state index contributed by atoms with van der Waals surface area (Å²) in [6.07, 6.45) is 3.33. The largest absolute Gasteiger partial charge is 0.493 e. The van der Waals surface area contributed by atoms with Crippen molar-refractivity contribution < 1.29 is 28.5 Å². The molecule has 0 radical (unpaired) electrons. The molecule has 2 N–H and O–H groups in total. The number of aliphatic hydroxyl groups is 1. The van der Waals surface area contributed by atoms with Crippen LogP contribution in [0.2, 0.25) is 0 Å². The summed E-state index contributed by atoms with van der Waals surface area (Å²) in [5.74, 6) is 1.46. The molecule has 0 bridgehead atoms. The molecule has 0 saturated carbocycles. The third kappa shape index (κ3) is 5.21. The van der Waals surface area contributed by atoms with Gasteiger partial charge in [-0.15, -0.1) is 0 Å². The summed E-state index contributed by atoms with van der Waals surface area (Å²) < 4.78 is 22.1. The van der Waals surface area contributed by atoms with Crippen LogP contribution in [0.1, 0.15) is 47.4 Å². The highest BCUT2D eigenvalue weighted by Gasteiger charge is 2.34. The van der Waals surface area contributed by atoms with Gasteiger partial charge >= 0.3 is 0 Å². The van der Waals surface area contributed by atoms with E-state index in [0.717, 1.165) is 61.3 Å². The van der Waals surface area contributed by atoms with Gasteiger partial charge in [0.2, 0.25) is 0 Å². The van der Waals surface area contributed by atoms with Crippen LogP contribution in [0.15, 0.2) is 46.9 Å². The number of methoxy groups -OCH3 is 2. The minimum atomic E-state index is -0.915. The average molecular weight is 495 g/mol. The van der Waals surface area contributed by atoms with E-state index in [2.05, 4.69) is 10.2 Å². The molecule has 8 nitrogen and oxygen atoms in total. The highest BCUT2D eigenvalue weighted by molar-refractivity contribution is 5.96. The number of fused-ring (bicyclic) bond motifs is 1.